The molecule has 2 fully saturated rings. The molecule has 116 valence electrons. The van der Waals surface area contributed by atoms with Gasteiger partial charge in [-0.15, -0.1) is 0 Å². The second-order valence-electron chi connectivity index (χ2n) is 7.41. The van der Waals surface area contributed by atoms with E-state index < -0.39 is 0 Å². The molecular weight excluding hydrogens is 268 g/mol. The summed E-state index contributed by atoms with van der Waals surface area (Å²) in [4.78, 5) is 17.4. The summed E-state index contributed by atoms with van der Waals surface area (Å²) in [6.45, 7) is 11.0. The van der Waals surface area contributed by atoms with E-state index in [2.05, 4.69) is 30.6 Å². The molecule has 2 rings (SSSR count). The molecular formula is C16H30N2OS. The Balaban J connectivity index is 1.98. The average Bonchev–Trinajstić information content (AvgIpc) is 2.72. The van der Waals surface area contributed by atoms with Crippen LogP contribution in [0.3, 0.4) is 0 Å². The Labute approximate surface area is 128 Å². The average molecular weight is 298 g/mol. The van der Waals surface area contributed by atoms with Crippen LogP contribution in [-0.4, -0.2) is 59.4 Å². The van der Waals surface area contributed by atoms with Gasteiger partial charge in [-0.05, 0) is 43.5 Å². The molecule has 20 heavy (non-hydrogen) atoms. The summed E-state index contributed by atoms with van der Waals surface area (Å²) in [5.74, 6) is 2.69. The van der Waals surface area contributed by atoms with Crippen molar-refractivity contribution in [1.82, 2.24) is 9.80 Å². The number of hydrogen-bond acceptors (Lipinski definition) is 3. The molecule has 0 bridgehead atoms. The summed E-state index contributed by atoms with van der Waals surface area (Å²) in [7, 11) is 0. The fourth-order valence-corrected chi connectivity index (χ4v) is 4.18. The van der Waals surface area contributed by atoms with Crippen LogP contribution < -0.4 is 0 Å². The molecule has 2 saturated heterocycles. The molecule has 1 amide bonds. The maximum absolute atomic E-state index is 12.6. The lowest BCUT2D eigenvalue weighted by atomic mass is 9.91. The minimum atomic E-state index is 0.0920. The van der Waals surface area contributed by atoms with Gasteiger partial charge in [0.15, 0.2) is 0 Å². The Morgan fingerprint density at radius 1 is 1.15 bits per heavy atom. The van der Waals surface area contributed by atoms with Crippen molar-refractivity contribution >= 4 is 17.7 Å². The third kappa shape index (κ3) is 4.96. The molecule has 1 atom stereocenters. The summed E-state index contributed by atoms with van der Waals surface area (Å²) in [5, 5.41) is 0. The Bertz CT molecular complexity index is 321. The molecule has 2 aliphatic heterocycles. The summed E-state index contributed by atoms with van der Waals surface area (Å²) in [5.41, 5.74) is 0.0920. The van der Waals surface area contributed by atoms with Crippen LogP contribution in [0.5, 0.6) is 0 Å². The third-order valence-corrected chi connectivity index (χ3v) is 5.31. The van der Waals surface area contributed by atoms with Gasteiger partial charge in [0.25, 0.3) is 0 Å². The predicted molar refractivity (Wildman–Crippen MR) is 87.2 cm³/mol. The van der Waals surface area contributed by atoms with E-state index in [1.807, 2.05) is 11.8 Å². The van der Waals surface area contributed by atoms with Gasteiger partial charge in [-0.3, -0.25) is 4.79 Å². The minimum absolute atomic E-state index is 0.0920. The van der Waals surface area contributed by atoms with Crippen LogP contribution in [0.25, 0.3) is 0 Å². The van der Waals surface area contributed by atoms with E-state index in [1.54, 1.807) is 0 Å². The van der Waals surface area contributed by atoms with Gasteiger partial charge in [0.2, 0.25) is 5.91 Å². The number of thioether (sulfide) groups is 1. The Morgan fingerprint density at radius 3 is 2.50 bits per heavy atom. The standard InChI is InChI=1S/C16H30N2OS/c1-16(2,3)11-15(19)18-9-6-10-20-13-14(18)12-17-7-4-5-8-17/h14H,4-13H2,1-3H3. The third-order valence-electron chi connectivity index (χ3n) is 4.11. The highest BCUT2D eigenvalue weighted by Crippen LogP contribution is 2.24. The Morgan fingerprint density at radius 2 is 1.85 bits per heavy atom. The predicted octanol–water partition coefficient (Wildman–Crippen LogP) is 2.85. The topological polar surface area (TPSA) is 23.6 Å². The summed E-state index contributed by atoms with van der Waals surface area (Å²) >= 11 is 2.03. The van der Waals surface area contributed by atoms with Crippen molar-refractivity contribution < 1.29 is 4.79 Å². The van der Waals surface area contributed by atoms with Crippen molar-refractivity contribution in [3.05, 3.63) is 0 Å². The maximum Gasteiger partial charge on any atom is 0.223 e. The quantitative estimate of drug-likeness (QED) is 0.800. The van der Waals surface area contributed by atoms with Gasteiger partial charge in [-0.1, -0.05) is 20.8 Å². The van der Waals surface area contributed by atoms with Crippen LogP contribution in [0.15, 0.2) is 0 Å². The monoisotopic (exact) mass is 298 g/mol. The molecule has 0 saturated carbocycles. The number of carbonyl (C=O) groups excluding carboxylic acids is 1. The zero-order valence-corrected chi connectivity index (χ0v) is 14.2. The second-order valence-corrected chi connectivity index (χ2v) is 8.56. The van der Waals surface area contributed by atoms with Crippen molar-refractivity contribution in [2.75, 3.05) is 37.7 Å². The van der Waals surface area contributed by atoms with Gasteiger partial charge in [-0.2, -0.15) is 11.8 Å². The molecule has 0 radical (unpaired) electrons. The van der Waals surface area contributed by atoms with Crippen LogP contribution in [0.1, 0.15) is 46.5 Å². The van der Waals surface area contributed by atoms with E-state index in [-0.39, 0.29) is 5.41 Å². The molecule has 0 aromatic carbocycles. The molecule has 2 heterocycles. The fourth-order valence-electron chi connectivity index (χ4n) is 3.13. The number of likely N-dealkylation sites (tertiary alicyclic amines) is 1. The van der Waals surface area contributed by atoms with Crippen LogP contribution in [0.4, 0.5) is 0 Å². The molecule has 4 heteroatoms. The second kappa shape index (κ2) is 7.17. The first-order chi connectivity index (χ1) is 9.46. The van der Waals surface area contributed by atoms with Gasteiger partial charge < -0.3 is 9.80 Å². The van der Waals surface area contributed by atoms with E-state index in [4.69, 9.17) is 0 Å². The number of hydrogen-bond donors (Lipinski definition) is 0. The van der Waals surface area contributed by atoms with Crippen LogP contribution >= 0.6 is 11.8 Å². The van der Waals surface area contributed by atoms with Crippen molar-refractivity contribution in [2.24, 2.45) is 5.41 Å². The van der Waals surface area contributed by atoms with E-state index in [1.165, 1.54) is 31.7 Å². The van der Waals surface area contributed by atoms with E-state index >= 15 is 0 Å². The first-order valence-corrected chi connectivity index (χ1v) is 9.21. The Kier molecular flexibility index (Phi) is 5.79. The van der Waals surface area contributed by atoms with Gasteiger partial charge in [-0.25, -0.2) is 0 Å². The van der Waals surface area contributed by atoms with E-state index in [0.717, 1.165) is 25.3 Å². The van der Waals surface area contributed by atoms with Crippen molar-refractivity contribution in [3.8, 4) is 0 Å². The lowest BCUT2D eigenvalue weighted by molar-refractivity contribution is -0.135. The number of nitrogens with zero attached hydrogens (tertiary/aromatic N) is 2. The SMILES string of the molecule is CC(C)(C)CC(=O)N1CCCSCC1CN1CCCC1. The molecule has 3 nitrogen and oxygen atoms in total. The van der Waals surface area contributed by atoms with Crippen molar-refractivity contribution in [3.63, 3.8) is 0 Å². The van der Waals surface area contributed by atoms with Crippen LogP contribution in [0, 0.1) is 5.41 Å². The highest BCUT2D eigenvalue weighted by Gasteiger charge is 2.30. The highest BCUT2D eigenvalue weighted by atomic mass is 32.2. The first kappa shape index (κ1) is 16.2. The molecule has 0 aromatic rings. The molecule has 0 aromatic heterocycles. The molecule has 0 aliphatic carbocycles. The minimum Gasteiger partial charge on any atom is -0.338 e. The summed E-state index contributed by atoms with van der Waals surface area (Å²) in [6, 6.07) is 0.426. The lowest BCUT2D eigenvalue weighted by Crippen LogP contribution is -2.48. The lowest BCUT2D eigenvalue weighted by Gasteiger charge is -2.34. The zero-order chi connectivity index (χ0) is 14.6. The molecule has 2 aliphatic rings. The summed E-state index contributed by atoms with van der Waals surface area (Å²) in [6.07, 6.45) is 4.48. The Hall–Kier alpha value is -0.220. The largest absolute Gasteiger partial charge is 0.338 e. The molecule has 0 spiro atoms. The molecule has 0 N–H and O–H groups in total. The highest BCUT2D eigenvalue weighted by molar-refractivity contribution is 7.99. The van der Waals surface area contributed by atoms with Crippen LogP contribution in [0.2, 0.25) is 0 Å². The van der Waals surface area contributed by atoms with Crippen LogP contribution in [-0.2, 0) is 4.79 Å². The first-order valence-electron chi connectivity index (χ1n) is 8.05. The summed E-state index contributed by atoms with van der Waals surface area (Å²) < 4.78 is 0. The number of carbonyl (C=O) groups is 1. The fraction of sp³-hybridized carbons (Fsp3) is 0.938. The molecule has 1 unspecified atom stereocenters. The van der Waals surface area contributed by atoms with Gasteiger partial charge in [0.1, 0.15) is 0 Å². The van der Waals surface area contributed by atoms with Gasteiger partial charge >= 0.3 is 0 Å². The zero-order valence-electron chi connectivity index (χ0n) is 13.4. The van der Waals surface area contributed by atoms with Crippen molar-refractivity contribution in [2.45, 2.75) is 52.5 Å². The van der Waals surface area contributed by atoms with Gasteiger partial charge in [0, 0.05) is 25.3 Å². The van der Waals surface area contributed by atoms with Crippen molar-refractivity contribution in [1.29, 1.82) is 0 Å². The number of amides is 1. The van der Waals surface area contributed by atoms with Gasteiger partial charge in [0.05, 0.1) is 6.04 Å². The number of rotatable bonds is 3. The smallest absolute Gasteiger partial charge is 0.223 e. The maximum atomic E-state index is 12.6. The normalized spacial score (nSPS) is 25.8. The van der Waals surface area contributed by atoms with E-state index in [0.29, 0.717) is 18.4 Å². The van der Waals surface area contributed by atoms with E-state index in [9.17, 15) is 4.79 Å².